The number of nitrogens with two attached hydrogens (primary N) is 1. The lowest BCUT2D eigenvalue weighted by atomic mass is 9.91. The van der Waals surface area contributed by atoms with E-state index in [4.69, 9.17) is 11.0 Å². The molecule has 2 heteroatoms. The fraction of sp³-hybridized carbons (Fsp3) is 0.533. The smallest absolute Gasteiger partial charge is 0.0991 e. The third-order valence-corrected chi connectivity index (χ3v) is 2.62. The number of hydrogen-bond acceptors (Lipinski definition) is 2. The average molecular weight is 232 g/mol. The summed E-state index contributed by atoms with van der Waals surface area (Å²) in [7, 11) is 0. The molecule has 0 aliphatic carbocycles. The minimum atomic E-state index is 0.357. The summed E-state index contributed by atoms with van der Waals surface area (Å²) in [5.41, 5.74) is 9.81. The van der Waals surface area contributed by atoms with Crippen molar-refractivity contribution in [3.05, 3.63) is 28.8 Å². The van der Waals surface area contributed by atoms with E-state index in [1.807, 2.05) is 26.0 Å². The zero-order chi connectivity index (χ0) is 13.6. The minimum Gasteiger partial charge on any atom is -0.398 e. The Morgan fingerprint density at radius 3 is 1.59 bits per heavy atom. The van der Waals surface area contributed by atoms with E-state index in [0.717, 1.165) is 16.8 Å². The Bertz CT molecular complexity index is 369. The van der Waals surface area contributed by atoms with Gasteiger partial charge >= 0.3 is 0 Å². The van der Waals surface area contributed by atoms with Crippen molar-refractivity contribution in [2.75, 3.05) is 5.73 Å². The zero-order valence-corrected chi connectivity index (χ0v) is 11.8. The van der Waals surface area contributed by atoms with E-state index in [9.17, 15) is 0 Å². The normalized spacial score (nSPS) is 9.82. The Morgan fingerprint density at radius 2 is 1.35 bits per heavy atom. The molecule has 17 heavy (non-hydrogen) atoms. The number of anilines is 1. The molecule has 0 fully saturated rings. The van der Waals surface area contributed by atoms with E-state index in [1.165, 1.54) is 0 Å². The molecule has 0 unspecified atom stereocenters. The van der Waals surface area contributed by atoms with E-state index in [-0.39, 0.29) is 0 Å². The number of nitrogen functional groups attached to an aromatic ring is 1. The van der Waals surface area contributed by atoms with Crippen LogP contribution in [0.4, 0.5) is 5.69 Å². The third-order valence-electron chi connectivity index (χ3n) is 2.62. The molecule has 0 radical (unpaired) electrons. The molecule has 0 saturated carbocycles. The van der Waals surface area contributed by atoms with Gasteiger partial charge in [0.25, 0.3) is 0 Å². The van der Waals surface area contributed by atoms with Crippen molar-refractivity contribution < 1.29 is 0 Å². The van der Waals surface area contributed by atoms with Gasteiger partial charge in [-0.3, -0.25) is 0 Å². The fourth-order valence-electron chi connectivity index (χ4n) is 1.72. The molecule has 0 amide bonds. The highest BCUT2D eigenvalue weighted by Crippen LogP contribution is 2.31. The SMILES string of the molecule is CC.CC(C)c1cc(C#N)cc(C(C)C)c1N. The summed E-state index contributed by atoms with van der Waals surface area (Å²) in [6, 6.07) is 5.98. The second-order valence-corrected chi connectivity index (χ2v) is 4.49. The Hall–Kier alpha value is -1.49. The molecule has 0 atom stereocenters. The molecule has 0 spiro atoms. The minimum absolute atomic E-state index is 0.357. The van der Waals surface area contributed by atoms with Crippen molar-refractivity contribution in [2.45, 2.75) is 53.4 Å². The van der Waals surface area contributed by atoms with Gasteiger partial charge in [0.1, 0.15) is 0 Å². The highest BCUT2D eigenvalue weighted by atomic mass is 14.6. The van der Waals surface area contributed by atoms with E-state index < -0.39 is 0 Å². The molecular formula is C15H24N2. The van der Waals surface area contributed by atoms with Crippen LogP contribution in [0.5, 0.6) is 0 Å². The second-order valence-electron chi connectivity index (χ2n) is 4.49. The van der Waals surface area contributed by atoms with Gasteiger partial charge in [-0.1, -0.05) is 41.5 Å². The van der Waals surface area contributed by atoms with Crippen molar-refractivity contribution in [2.24, 2.45) is 0 Å². The molecule has 1 aromatic rings. The summed E-state index contributed by atoms with van der Waals surface area (Å²) in [6.45, 7) is 12.4. The van der Waals surface area contributed by atoms with E-state index in [0.29, 0.717) is 17.4 Å². The van der Waals surface area contributed by atoms with Gasteiger partial charge in [-0.2, -0.15) is 5.26 Å². The molecule has 94 valence electrons. The van der Waals surface area contributed by atoms with Gasteiger partial charge in [0.05, 0.1) is 11.6 Å². The lowest BCUT2D eigenvalue weighted by Crippen LogP contribution is -2.04. The predicted octanol–water partition coefficient (Wildman–Crippen LogP) is 4.41. The van der Waals surface area contributed by atoms with Crippen LogP contribution in [-0.2, 0) is 0 Å². The van der Waals surface area contributed by atoms with Crippen LogP contribution in [-0.4, -0.2) is 0 Å². The van der Waals surface area contributed by atoms with Gasteiger partial charge in [0, 0.05) is 5.69 Å². The van der Waals surface area contributed by atoms with Crippen LogP contribution < -0.4 is 5.73 Å². The van der Waals surface area contributed by atoms with Crippen LogP contribution in [0.2, 0.25) is 0 Å². The first kappa shape index (κ1) is 15.5. The maximum atomic E-state index is 8.95. The summed E-state index contributed by atoms with van der Waals surface area (Å²) in [6.07, 6.45) is 0. The van der Waals surface area contributed by atoms with Gasteiger partial charge in [0.2, 0.25) is 0 Å². The number of nitriles is 1. The summed E-state index contributed by atoms with van der Waals surface area (Å²) in [4.78, 5) is 0. The van der Waals surface area contributed by atoms with Gasteiger partial charge in [-0.15, -0.1) is 0 Å². The van der Waals surface area contributed by atoms with Crippen LogP contribution in [0.3, 0.4) is 0 Å². The molecule has 0 heterocycles. The first-order valence-corrected chi connectivity index (χ1v) is 6.30. The molecule has 2 nitrogen and oxygen atoms in total. The topological polar surface area (TPSA) is 49.8 Å². The maximum absolute atomic E-state index is 8.95. The van der Waals surface area contributed by atoms with Crippen LogP contribution in [0.1, 0.15) is 70.1 Å². The van der Waals surface area contributed by atoms with Crippen molar-refractivity contribution in [1.29, 1.82) is 5.26 Å². The highest BCUT2D eigenvalue weighted by Gasteiger charge is 2.12. The Balaban J connectivity index is 0.00000121. The molecule has 1 rings (SSSR count). The quantitative estimate of drug-likeness (QED) is 0.768. The van der Waals surface area contributed by atoms with E-state index in [2.05, 4.69) is 33.8 Å². The Morgan fingerprint density at radius 1 is 1.00 bits per heavy atom. The number of rotatable bonds is 2. The molecular weight excluding hydrogens is 208 g/mol. The summed E-state index contributed by atoms with van der Waals surface area (Å²) in [5.74, 6) is 0.714. The largest absolute Gasteiger partial charge is 0.398 e. The molecule has 0 aliphatic rings. The van der Waals surface area contributed by atoms with Crippen LogP contribution in [0.15, 0.2) is 12.1 Å². The average Bonchev–Trinajstić information content (AvgIpc) is 2.31. The fourth-order valence-corrected chi connectivity index (χ4v) is 1.72. The first-order chi connectivity index (χ1) is 7.97. The van der Waals surface area contributed by atoms with Crippen molar-refractivity contribution in [3.63, 3.8) is 0 Å². The Labute approximate surface area is 105 Å². The molecule has 0 aliphatic heterocycles. The monoisotopic (exact) mass is 232 g/mol. The molecule has 2 N–H and O–H groups in total. The van der Waals surface area contributed by atoms with Gasteiger partial charge in [-0.25, -0.2) is 0 Å². The zero-order valence-electron chi connectivity index (χ0n) is 11.8. The van der Waals surface area contributed by atoms with Crippen molar-refractivity contribution in [3.8, 4) is 6.07 Å². The van der Waals surface area contributed by atoms with E-state index in [1.54, 1.807) is 0 Å². The summed E-state index contributed by atoms with van der Waals surface area (Å²) < 4.78 is 0. The maximum Gasteiger partial charge on any atom is 0.0991 e. The van der Waals surface area contributed by atoms with Crippen LogP contribution in [0.25, 0.3) is 0 Å². The number of hydrogen-bond donors (Lipinski definition) is 1. The first-order valence-electron chi connectivity index (χ1n) is 6.30. The molecule has 0 aromatic heterocycles. The van der Waals surface area contributed by atoms with Crippen LogP contribution in [0, 0.1) is 11.3 Å². The van der Waals surface area contributed by atoms with E-state index >= 15 is 0 Å². The summed E-state index contributed by atoms with van der Waals surface area (Å²) in [5, 5.41) is 8.95. The lowest BCUT2D eigenvalue weighted by Gasteiger charge is -2.16. The highest BCUT2D eigenvalue weighted by molar-refractivity contribution is 5.59. The molecule has 0 bridgehead atoms. The summed E-state index contributed by atoms with van der Waals surface area (Å²) >= 11 is 0. The van der Waals surface area contributed by atoms with Crippen molar-refractivity contribution in [1.82, 2.24) is 0 Å². The van der Waals surface area contributed by atoms with Crippen LogP contribution >= 0.6 is 0 Å². The standard InChI is InChI=1S/C13H18N2.C2H6/c1-8(2)11-5-10(7-14)6-12(9(3)4)13(11)15;1-2/h5-6,8-9H,15H2,1-4H3;1-2H3. The van der Waals surface area contributed by atoms with Gasteiger partial charge in [0.15, 0.2) is 0 Å². The molecule has 0 saturated heterocycles. The molecule has 1 aromatic carbocycles. The van der Waals surface area contributed by atoms with Gasteiger partial charge < -0.3 is 5.73 Å². The second kappa shape index (κ2) is 6.96. The van der Waals surface area contributed by atoms with Gasteiger partial charge in [-0.05, 0) is 35.1 Å². The third kappa shape index (κ3) is 3.78. The number of benzene rings is 1. The Kier molecular flexibility index (Phi) is 6.35. The lowest BCUT2D eigenvalue weighted by molar-refractivity contribution is 0.838. The number of nitrogens with zero attached hydrogens (tertiary/aromatic N) is 1. The van der Waals surface area contributed by atoms with Crippen molar-refractivity contribution >= 4 is 5.69 Å². The predicted molar refractivity (Wildman–Crippen MR) is 75.1 cm³/mol.